The number of rotatable bonds is 0. The summed E-state index contributed by atoms with van der Waals surface area (Å²) in [4.78, 5) is 7.95. The van der Waals surface area contributed by atoms with Crippen LogP contribution in [0.25, 0.3) is 0 Å². The van der Waals surface area contributed by atoms with Gasteiger partial charge < -0.3 is 20.5 Å². The van der Waals surface area contributed by atoms with Crippen LogP contribution in [0, 0.1) is 0 Å². The molecule has 0 amide bonds. The van der Waals surface area contributed by atoms with Gasteiger partial charge in [-0.3, -0.25) is 0 Å². The molecule has 0 aromatic carbocycles. The van der Waals surface area contributed by atoms with Crippen molar-refractivity contribution in [2.45, 2.75) is 5.54 Å². The highest BCUT2D eigenvalue weighted by Gasteiger charge is 2.33. The number of hydrogen-bond acceptors (Lipinski definition) is 6. The van der Waals surface area contributed by atoms with E-state index < -0.39 is 5.54 Å². The number of nitrogen functional groups attached to an aromatic ring is 1. The van der Waals surface area contributed by atoms with E-state index in [4.69, 9.17) is 15.2 Å². The molecule has 0 radical (unpaired) electrons. The number of aromatic nitrogens is 2. The van der Waals surface area contributed by atoms with E-state index in [1.54, 1.807) is 18.7 Å². The molecule has 6 nitrogen and oxygen atoms in total. The highest BCUT2D eigenvalue weighted by atomic mass is 16.5. The number of fused-ring (bicyclic) bond motifs is 1. The minimum Gasteiger partial charge on any atom is -0.485 e. The van der Waals surface area contributed by atoms with Gasteiger partial charge in [0.05, 0.1) is 18.7 Å². The molecule has 1 spiro atoms. The van der Waals surface area contributed by atoms with Crippen LogP contribution in [0.5, 0.6) is 5.75 Å². The second-order valence-corrected chi connectivity index (χ2v) is 3.64. The van der Waals surface area contributed by atoms with Crippen LogP contribution in [-0.2, 0) is 4.74 Å². The van der Waals surface area contributed by atoms with Gasteiger partial charge in [0.1, 0.15) is 12.1 Å². The first-order valence-corrected chi connectivity index (χ1v) is 4.82. The Morgan fingerprint density at radius 3 is 3.00 bits per heavy atom. The number of ether oxygens (including phenoxy) is 2. The largest absolute Gasteiger partial charge is 0.485 e. The Labute approximate surface area is 91.8 Å². The molecule has 0 fully saturated rings. The minimum atomic E-state index is -0.411. The maximum atomic E-state index is 5.57. The molecule has 3 rings (SSSR count). The van der Waals surface area contributed by atoms with Crippen molar-refractivity contribution in [3.8, 4) is 5.75 Å². The van der Waals surface area contributed by atoms with Crippen LogP contribution in [0.1, 0.15) is 0 Å². The lowest BCUT2D eigenvalue weighted by Crippen LogP contribution is -2.44. The lowest BCUT2D eigenvalue weighted by molar-refractivity contribution is 0.257. The van der Waals surface area contributed by atoms with E-state index in [1.165, 1.54) is 0 Å². The Morgan fingerprint density at radius 1 is 1.38 bits per heavy atom. The highest BCUT2D eigenvalue weighted by molar-refractivity contribution is 5.57. The molecule has 82 valence electrons. The smallest absolute Gasteiger partial charge is 0.222 e. The van der Waals surface area contributed by atoms with Crippen LogP contribution in [0.2, 0.25) is 0 Å². The van der Waals surface area contributed by atoms with Gasteiger partial charge in [0.2, 0.25) is 5.95 Å². The Bertz CT molecular complexity index is 472. The number of nitrogens with two attached hydrogens (primary N) is 1. The number of hydrogen-bond donors (Lipinski definition) is 2. The third-order valence-corrected chi connectivity index (χ3v) is 2.48. The molecule has 0 atom stereocenters. The van der Waals surface area contributed by atoms with Crippen molar-refractivity contribution in [3.05, 3.63) is 30.9 Å². The van der Waals surface area contributed by atoms with Crippen LogP contribution in [0.3, 0.4) is 0 Å². The lowest BCUT2D eigenvalue weighted by atomic mass is 9.99. The van der Waals surface area contributed by atoms with E-state index in [2.05, 4.69) is 15.3 Å². The van der Waals surface area contributed by atoms with Crippen molar-refractivity contribution < 1.29 is 9.47 Å². The second-order valence-electron chi connectivity index (χ2n) is 3.64. The fourth-order valence-electron chi connectivity index (χ4n) is 1.64. The van der Waals surface area contributed by atoms with Gasteiger partial charge in [-0.25, -0.2) is 4.98 Å². The van der Waals surface area contributed by atoms with Gasteiger partial charge in [-0.2, -0.15) is 4.98 Å². The number of nitrogens with one attached hydrogen (secondary N) is 1. The predicted octanol–water partition coefficient (Wildman–Crippen LogP) is 0.659. The summed E-state index contributed by atoms with van der Waals surface area (Å²) in [6.45, 7) is 0.462. The monoisotopic (exact) mass is 218 g/mol. The summed E-state index contributed by atoms with van der Waals surface area (Å²) < 4.78 is 10.6. The SMILES string of the molecule is Nc1ncc2c(n1)NC1(C=COC=C1)CO2. The zero-order chi connectivity index (χ0) is 11.0. The molecule has 0 aliphatic carbocycles. The van der Waals surface area contributed by atoms with E-state index in [9.17, 15) is 0 Å². The molecule has 3 heterocycles. The van der Waals surface area contributed by atoms with E-state index >= 15 is 0 Å². The van der Waals surface area contributed by atoms with Crippen LogP contribution in [0.15, 0.2) is 30.9 Å². The first kappa shape index (κ1) is 9.02. The molecule has 2 aliphatic heterocycles. The number of nitrogens with zero attached hydrogens (tertiary/aromatic N) is 2. The van der Waals surface area contributed by atoms with E-state index in [0.29, 0.717) is 18.2 Å². The van der Waals surface area contributed by atoms with Crippen molar-refractivity contribution in [2.24, 2.45) is 0 Å². The summed E-state index contributed by atoms with van der Waals surface area (Å²) in [6, 6.07) is 0. The summed E-state index contributed by atoms with van der Waals surface area (Å²) in [5.74, 6) is 1.41. The van der Waals surface area contributed by atoms with Crippen LogP contribution in [-0.4, -0.2) is 22.1 Å². The molecule has 0 saturated carbocycles. The molecule has 0 unspecified atom stereocenters. The van der Waals surface area contributed by atoms with Crippen molar-refractivity contribution in [1.29, 1.82) is 0 Å². The van der Waals surface area contributed by atoms with Crippen LogP contribution >= 0.6 is 0 Å². The van der Waals surface area contributed by atoms with Crippen molar-refractivity contribution in [1.82, 2.24) is 9.97 Å². The Balaban J connectivity index is 1.98. The Kier molecular flexibility index (Phi) is 1.76. The molecule has 6 heteroatoms. The zero-order valence-electron chi connectivity index (χ0n) is 8.38. The van der Waals surface area contributed by atoms with Gasteiger partial charge >= 0.3 is 0 Å². The topological polar surface area (TPSA) is 82.3 Å². The second kappa shape index (κ2) is 3.13. The highest BCUT2D eigenvalue weighted by Crippen LogP contribution is 2.32. The van der Waals surface area contributed by atoms with E-state index in [1.807, 2.05) is 12.2 Å². The van der Waals surface area contributed by atoms with Crippen LogP contribution in [0.4, 0.5) is 11.8 Å². The average molecular weight is 218 g/mol. The van der Waals surface area contributed by atoms with E-state index in [0.717, 1.165) is 0 Å². The summed E-state index contributed by atoms with van der Waals surface area (Å²) in [7, 11) is 0. The summed E-state index contributed by atoms with van der Waals surface area (Å²) in [5.41, 5.74) is 5.11. The summed E-state index contributed by atoms with van der Waals surface area (Å²) >= 11 is 0. The molecule has 1 aromatic rings. The Morgan fingerprint density at radius 2 is 2.19 bits per heavy atom. The zero-order valence-corrected chi connectivity index (χ0v) is 8.38. The first-order chi connectivity index (χ1) is 7.77. The quantitative estimate of drug-likeness (QED) is 0.665. The summed E-state index contributed by atoms with van der Waals surface area (Å²) in [6.07, 6.45) is 8.50. The number of anilines is 2. The van der Waals surface area contributed by atoms with Gasteiger partial charge in [-0.15, -0.1) is 0 Å². The minimum absolute atomic E-state index is 0.215. The molecule has 0 bridgehead atoms. The fourth-order valence-corrected chi connectivity index (χ4v) is 1.64. The third kappa shape index (κ3) is 1.35. The summed E-state index contributed by atoms with van der Waals surface area (Å²) in [5, 5.41) is 3.24. The molecule has 0 saturated heterocycles. The Hall–Kier alpha value is -2.24. The predicted molar refractivity (Wildman–Crippen MR) is 57.7 cm³/mol. The van der Waals surface area contributed by atoms with Gasteiger partial charge in [0.25, 0.3) is 0 Å². The molecular formula is C10H10N4O2. The fraction of sp³-hybridized carbons (Fsp3) is 0.200. The van der Waals surface area contributed by atoms with E-state index in [-0.39, 0.29) is 5.95 Å². The third-order valence-electron chi connectivity index (χ3n) is 2.48. The first-order valence-electron chi connectivity index (χ1n) is 4.82. The van der Waals surface area contributed by atoms with Gasteiger partial charge in [0, 0.05) is 0 Å². The average Bonchev–Trinajstić information content (AvgIpc) is 2.29. The van der Waals surface area contributed by atoms with Gasteiger partial charge in [0.15, 0.2) is 11.6 Å². The van der Waals surface area contributed by atoms with Crippen molar-refractivity contribution in [3.63, 3.8) is 0 Å². The maximum Gasteiger partial charge on any atom is 0.222 e. The lowest BCUT2D eigenvalue weighted by Gasteiger charge is -2.34. The molecular weight excluding hydrogens is 208 g/mol. The standard InChI is InChI=1S/C10H10N4O2/c11-9-12-5-7-8(13-9)14-10(6-16-7)1-3-15-4-2-10/h1-5H,6H2,(H3,11,12,13,14). The molecule has 2 aliphatic rings. The van der Waals surface area contributed by atoms with Gasteiger partial charge in [-0.05, 0) is 12.2 Å². The van der Waals surface area contributed by atoms with Crippen molar-refractivity contribution >= 4 is 11.8 Å². The maximum absolute atomic E-state index is 5.57. The van der Waals surface area contributed by atoms with Crippen molar-refractivity contribution in [2.75, 3.05) is 17.7 Å². The molecule has 3 N–H and O–H groups in total. The molecule has 16 heavy (non-hydrogen) atoms. The van der Waals surface area contributed by atoms with Gasteiger partial charge in [-0.1, -0.05) is 0 Å². The van der Waals surface area contributed by atoms with Crippen LogP contribution < -0.4 is 15.8 Å². The normalized spacial score (nSPS) is 19.5. The molecule has 1 aromatic heterocycles.